The van der Waals surface area contributed by atoms with Crippen molar-refractivity contribution >= 4 is 5.69 Å². The molecule has 0 N–H and O–H groups in total. The van der Waals surface area contributed by atoms with Gasteiger partial charge < -0.3 is 4.90 Å². The molecule has 0 aliphatic carbocycles. The summed E-state index contributed by atoms with van der Waals surface area (Å²) in [6, 6.07) is 0.775. The van der Waals surface area contributed by atoms with Crippen molar-refractivity contribution in [3.8, 4) is 0 Å². The molecule has 3 rings (SSSR count). The van der Waals surface area contributed by atoms with Crippen LogP contribution in [-0.4, -0.2) is 46.9 Å². The standard InChI is InChI=1S/C14H24N4/c1-3-13-14(11-16(2)15-13)18-9-5-8-17-7-4-6-12(17)10-18/h11-12H,3-10H2,1-2H3. The minimum Gasteiger partial charge on any atom is -0.367 e. The van der Waals surface area contributed by atoms with Gasteiger partial charge in [0, 0.05) is 38.9 Å². The fourth-order valence-corrected chi connectivity index (χ4v) is 3.46. The first-order chi connectivity index (χ1) is 8.78. The smallest absolute Gasteiger partial charge is 0.0855 e. The number of anilines is 1. The molecule has 1 aromatic heterocycles. The number of aromatic nitrogens is 2. The van der Waals surface area contributed by atoms with Crippen molar-refractivity contribution in [2.45, 2.75) is 38.6 Å². The third kappa shape index (κ3) is 2.14. The molecule has 2 fully saturated rings. The van der Waals surface area contributed by atoms with E-state index in [1.54, 1.807) is 0 Å². The highest BCUT2D eigenvalue weighted by atomic mass is 15.3. The van der Waals surface area contributed by atoms with E-state index in [0.717, 1.165) is 12.5 Å². The lowest BCUT2D eigenvalue weighted by Crippen LogP contribution is -2.36. The summed E-state index contributed by atoms with van der Waals surface area (Å²) in [5.74, 6) is 0. The van der Waals surface area contributed by atoms with Crippen LogP contribution in [0.1, 0.15) is 31.9 Å². The second kappa shape index (κ2) is 4.92. The van der Waals surface area contributed by atoms with Crippen molar-refractivity contribution in [3.63, 3.8) is 0 Å². The Hall–Kier alpha value is -1.03. The minimum absolute atomic E-state index is 0.775. The van der Waals surface area contributed by atoms with E-state index in [1.165, 1.54) is 56.8 Å². The lowest BCUT2D eigenvalue weighted by atomic mass is 10.2. The van der Waals surface area contributed by atoms with Crippen LogP contribution in [0.3, 0.4) is 0 Å². The van der Waals surface area contributed by atoms with Crippen LogP contribution in [-0.2, 0) is 13.5 Å². The van der Waals surface area contributed by atoms with Crippen molar-refractivity contribution in [2.24, 2.45) is 7.05 Å². The second-order valence-electron chi connectivity index (χ2n) is 5.62. The van der Waals surface area contributed by atoms with E-state index >= 15 is 0 Å². The number of aryl methyl sites for hydroxylation is 2. The van der Waals surface area contributed by atoms with Gasteiger partial charge in [-0.1, -0.05) is 6.92 Å². The molecule has 4 heteroatoms. The van der Waals surface area contributed by atoms with E-state index in [1.807, 2.05) is 11.7 Å². The Balaban J connectivity index is 1.82. The van der Waals surface area contributed by atoms with Gasteiger partial charge in [0.05, 0.1) is 11.4 Å². The number of rotatable bonds is 2. The third-order valence-electron chi connectivity index (χ3n) is 4.36. The van der Waals surface area contributed by atoms with Gasteiger partial charge in [-0.05, 0) is 32.2 Å². The fraction of sp³-hybridized carbons (Fsp3) is 0.786. The van der Waals surface area contributed by atoms with Crippen molar-refractivity contribution in [1.29, 1.82) is 0 Å². The molecular weight excluding hydrogens is 224 g/mol. The summed E-state index contributed by atoms with van der Waals surface area (Å²) in [6.07, 6.45) is 7.27. The van der Waals surface area contributed by atoms with Gasteiger partial charge in [0.25, 0.3) is 0 Å². The molecule has 1 unspecified atom stereocenters. The normalized spacial score (nSPS) is 25.2. The van der Waals surface area contributed by atoms with Crippen LogP contribution in [0, 0.1) is 0 Å². The molecular formula is C14H24N4. The number of fused-ring (bicyclic) bond motifs is 1. The molecule has 0 bridgehead atoms. The van der Waals surface area contributed by atoms with Gasteiger partial charge in [-0.25, -0.2) is 0 Å². The quantitative estimate of drug-likeness (QED) is 0.795. The summed E-state index contributed by atoms with van der Waals surface area (Å²) in [5, 5.41) is 4.58. The number of hydrogen-bond donors (Lipinski definition) is 0. The SMILES string of the molecule is CCc1nn(C)cc1N1CCCN2CCCC2C1. The maximum absolute atomic E-state index is 4.58. The van der Waals surface area contributed by atoms with Gasteiger partial charge in [-0.3, -0.25) is 9.58 Å². The molecule has 0 saturated carbocycles. The zero-order valence-corrected chi connectivity index (χ0v) is 11.6. The molecule has 1 atom stereocenters. The highest BCUT2D eigenvalue weighted by Gasteiger charge is 2.29. The van der Waals surface area contributed by atoms with E-state index in [9.17, 15) is 0 Å². The molecule has 2 aliphatic heterocycles. The Morgan fingerprint density at radius 2 is 2.11 bits per heavy atom. The molecule has 0 spiro atoms. The molecule has 100 valence electrons. The average molecular weight is 248 g/mol. The van der Waals surface area contributed by atoms with Gasteiger partial charge in [0.2, 0.25) is 0 Å². The highest BCUT2D eigenvalue weighted by molar-refractivity contribution is 5.50. The van der Waals surface area contributed by atoms with E-state index in [-0.39, 0.29) is 0 Å². The predicted molar refractivity (Wildman–Crippen MR) is 74.0 cm³/mol. The Morgan fingerprint density at radius 3 is 2.94 bits per heavy atom. The molecule has 0 amide bonds. The maximum atomic E-state index is 4.58. The summed E-state index contributed by atoms with van der Waals surface area (Å²) >= 11 is 0. The van der Waals surface area contributed by atoms with Crippen molar-refractivity contribution in [1.82, 2.24) is 14.7 Å². The number of hydrogen-bond acceptors (Lipinski definition) is 3. The van der Waals surface area contributed by atoms with Gasteiger partial charge in [0.15, 0.2) is 0 Å². The summed E-state index contributed by atoms with van der Waals surface area (Å²) < 4.78 is 1.96. The molecule has 2 aliphatic rings. The molecule has 3 heterocycles. The summed E-state index contributed by atoms with van der Waals surface area (Å²) in [4.78, 5) is 5.25. The summed E-state index contributed by atoms with van der Waals surface area (Å²) in [5.41, 5.74) is 2.62. The maximum Gasteiger partial charge on any atom is 0.0855 e. The molecule has 2 saturated heterocycles. The van der Waals surface area contributed by atoms with Gasteiger partial charge >= 0.3 is 0 Å². The highest BCUT2D eigenvalue weighted by Crippen LogP contribution is 2.26. The Morgan fingerprint density at radius 1 is 1.28 bits per heavy atom. The van der Waals surface area contributed by atoms with E-state index in [2.05, 4.69) is 28.0 Å². The van der Waals surface area contributed by atoms with Crippen LogP contribution < -0.4 is 4.90 Å². The average Bonchev–Trinajstić information content (AvgIpc) is 2.90. The van der Waals surface area contributed by atoms with Crippen LogP contribution in [0.25, 0.3) is 0 Å². The van der Waals surface area contributed by atoms with Crippen LogP contribution in [0.4, 0.5) is 5.69 Å². The zero-order valence-electron chi connectivity index (χ0n) is 11.6. The second-order valence-corrected chi connectivity index (χ2v) is 5.62. The van der Waals surface area contributed by atoms with Crippen LogP contribution in [0.15, 0.2) is 6.20 Å². The molecule has 4 nitrogen and oxygen atoms in total. The first-order valence-corrected chi connectivity index (χ1v) is 7.29. The van der Waals surface area contributed by atoms with Crippen molar-refractivity contribution in [3.05, 3.63) is 11.9 Å². The van der Waals surface area contributed by atoms with Gasteiger partial charge in [0.1, 0.15) is 0 Å². The topological polar surface area (TPSA) is 24.3 Å². The third-order valence-corrected chi connectivity index (χ3v) is 4.36. The summed E-state index contributed by atoms with van der Waals surface area (Å²) in [6.45, 7) is 7.17. The lowest BCUT2D eigenvalue weighted by molar-refractivity contribution is 0.273. The largest absolute Gasteiger partial charge is 0.367 e. The predicted octanol–water partition coefficient (Wildman–Crippen LogP) is 1.66. The monoisotopic (exact) mass is 248 g/mol. The van der Waals surface area contributed by atoms with Crippen molar-refractivity contribution < 1.29 is 0 Å². The number of nitrogens with zero attached hydrogens (tertiary/aromatic N) is 4. The zero-order chi connectivity index (χ0) is 12.5. The van der Waals surface area contributed by atoms with E-state index < -0.39 is 0 Å². The van der Waals surface area contributed by atoms with Crippen molar-refractivity contribution in [2.75, 3.05) is 31.1 Å². The molecule has 0 aromatic carbocycles. The van der Waals surface area contributed by atoms with Gasteiger partial charge in [-0.15, -0.1) is 0 Å². The molecule has 0 radical (unpaired) electrons. The summed E-state index contributed by atoms with van der Waals surface area (Å²) in [7, 11) is 2.03. The van der Waals surface area contributed by atoms with Gasteiger partial charge in [-0.2, -0.15) is 5.10 Å². The van der Waals surface area contributed by atoms with E-state index in [4.69, 9.17) is 0 Å². The first-order valence-electron chi connectivity index (χ1n) is 7.29. The fourth-order valence-electron chi connectivity index (χ4n) is 3.46. The van der Waals surface area contributed by atoms with Crippen LogP contribution in [0.5, 0.6) is 0 Å². The van der Waals surface area contributed by atoms with Crippen LogP contribution in [0.2, 0.25) is 0 Å². The Labute approximate surface area is 110 Å². The van der Waals surface area contributed by atoms with E-state index in [0.29, 0.717) is 0 Å². The lowest BCUT2D eigenvalue weighted by Gasteiger charge is -2.26. The first kappa shape index (κ1) is 12.0. The van der Waals surface area contributed by atoms with Crippen LogP contribution >= 0.6 is 0 Å². The Kier molecular flexibility index (Phi) is 3.29. The molecule has 18 heavy (non-hydrogen) atoms. The minimum atomic E-state index is 0.775. The Bertz CT molecular complexity index is 412. The molecule has 1 aromatic rings.